The second kappa shape index (κ2) is 3.79. The molecule has 0 aromatic heterocycles. The van der Waals surface area contributed by atoms with Gasteiger partial charge in [0.25, 0.3) is 0 Å². The lowest BCUT2D eigenvalue weighted by molar-refractivity contribution is 0.317. The third-order valence-electron chi connectivity index (χ3n) is 3.43. The Kier molecular flexibility index (Phi) is 2.81. The topological polar surface area (TPSA) is 66.4 Å². The summed E-state index contributed by atoms with van der Waals surface area (Å²) >= 11 is 0. The molecule has 0 amide bonds. The molecule has 0 aromatic rings. The molecule has 5 heteroatoms. The Morgan fingerprint density at radius 2 is 2.07 bits per heavy atom. The molecular weight excluding hydrogens is 202 g/mol. The largest absolute Gasteiger partial charge is 0.395 e. The van der Waals surface area contributed by atoms with Crippen LogP contribution in [0.2, 0.25) is 0 Å². The fourth-order valence-corrected chi connectivity index (χ4v) is 3.91. The molecule has 2 aliphatic carbocycles. The van der Waals surface area contributed by atoms with E-state index in [0.29, 0.717) is 5.92 Å². The zero-order valence-electron chi connectivity index (χ0n) is 8.15. The fraction of sp³-hybridized carbons (Fsp3) is 1.00. The minimum Gasteiger partial charge on any atom is -0.395 e. The molecule has 2 rings (SSSR count). The van der Waals surface area contributed by atoms with Crippen molar-refractivity contribution in [3.05, 3.63) is 0 Å². The SMILES string of the molecule is O=S(=O)(CCO)NC1CC2CCC1C2. The van der Waals surface area contributed by atoms with Crippen LogP contribution in [-0.4, -0.2) is 31.9 Å². The van der Waals surface area contributed by atoms with Gasteiger partial charge >= 0.3 is 0 Å². The first-order chi connectivity index (χ1) is 6.61. The van der Waals surface area contributed by atoms with Crippen LogP contribution in [0.3, 0.4) is 0 Å². The van der Waals surface area contributed by atoms with E-state index in [4.69, 9.17) is 5.11 Å². The summed E-state index contributed by atoms with van der Waals surface area (Å²) < 4.78 is 25.5. The van der Waals surface area contributed by atoms with Crippen molar-refractivity contribution < 1.29 is 13.5 Å². The molecule has 3 atom stereocenters. The molecule has 0 aliphatic heterocycles. The zero-order chi connectivity index (χ0) is 10.2. The maximum Gasteiger partial charge on any atom is 0.214 e. The van der Waals surface area contributed by atoms with Gasteiger partial charge in [0.05, 0.1) is 12.4 Å². The van der Waals surface area contributed by atoms with E-state index in [1.54, 1.807) is 0 Å². The van der Waals surface area contributed by atoms with E-state index in [-0.39, 0.29) is 18.4 Å². The lowest BCUT2D eigenvalue weighted by Crippen LogP contribution is -2.40. The second-order valence-electron chi connectivity index (χ2n) is 4.44. The molecule has 4 nitrogen and oxygen atoms in total. The van der Waals surface area contributed by atoms with Crippen LogP contribution in [-0.2, 0) is 10.0 Å². The Morgan fingerprint density at radius 1 is 1.29 bits per heavy atom. The first-order valence-electron chi connectivity index (χ1n) is 5.21. The molecule has 3 unspecified atom stereocenters. The third-order valence-corrected chi connectivity index (χ3v) is 4.81. The standard InChI is InChI=1S/C9H17NO3S/c11-3-4-14(12,13)10-9-6-7-1-2-8(9)5-7/h7-11H,1-6H2. The van der Waals surface area contributed by atoms with Gasteiger partial charge in [-0.3, -0.25) is 0 Å². The number of hydrogen-bond acceptors (Lipinski definition) is 3. The van der Waals surface area contributed by atoms with Crippen molar-refractivity contribution in [1.82, 2.24) is 4.72 Å². The van der Waals surface area contributed by atoms with Crippen LogP contribution in [0.1, 0.15) is 25.7 Å². The van der Waals surface area contributed by atoms with Crippen molar-refractivity contribution >= 4 is 10.0 Å². The van der Waals surface area contributed by atoms with Crippen molar-refractivity contribution in [2.24, 2.45) is 11.8 Å². The molecule has 2 aliphatic rings. The number of fused-ring (bicyclic) bond motifs is 2. The number of nitrogens with one attached hydrogen (secondary N) is 1. The normalized spacial score (nSPS) is 36.5. The Balaban J connectivity index is 1.92. The number of sulfonamides is 1. The fourth-order valence-electron chi connectivity index (χ4n) is 2.80. The Bertz CT molecular complexity index is 301. The summed E-state index contributed by atoms with van der Waals surface area (Å²) in [7, 11) is -3.24. The van der Waals surface area contributed by atoms with E-state index in [2.05, 4.69) is 4.72 Å². The molecule has 0 radical (unpaired) electrons. The van der Waals surface area contributed by atoms with Gasteiger partial charge in [0.15, 0.2) is 0 Å². The summed E-state index contributed by atoms with van der Waals surface area (Å²) in [5.74, 6) is 1.12. The van der Waals surface area contributed by atoms with Crippen LogP contribution in [0, 0.1) is 11.8 Å². The molecule has 2 fully saturated rings. The molecule has 0 heterocycles. The zero-order valence-corrected chi connectivity index (χ0v) is 8.96. The highest BCUT2D eigenvalue weighted by Crippen LogP contribution is 2.44. The number of hydrogen-bond donors (Lipinski definition) is 2. The maximum atomic E-state index is 11.4. The minimum atomic E-state index is -3.24. The Labute approximate surface area is 84.8 Å². The average molecular weight is 219 g/mol. The van der Waals surface area contributed by atoms with Crippen LogP contribution in [0.15, 0.2) is 0 Å². The lowest BCUT2D eigenvalue weighted by Gasteiger charge is -2.22. The van der Waals surface area contributed by atoms with Crippen LogP contribution < -0.4 is 4.72 Å². The molecule has 2 saturated carbocycles. The summed E-state index contributed by atoms with van der Waals surface area (Å²) in [6.45, 7) is -0.295. The van der Waals surface area contributed by atoms with Gasteiger partial charge in [0.1, 0.15) is 0 Å². The van der Waals surface area contributed by atoms with Gasteiger partial charge < -0.3 is 5.11 Å². The highest BCUT2D eigenvalue weighted by atomic mass is 32.2. The van der Waals surface area contributed by atoms with E-state index in [1.807, 2.05) is 0 Å². The van der Waals surface area contributed by atoms with Crippen LogP contribution >= 0.6 is 0 Å². The lowest BCUT2D eigenvalue weighted by atomic mass is 9.96. The first-order valence-corrected chi connectivity index (χ1v) is 6.87. The molecule has 0 saturated heterocycles. The van der Waals surface area contributed by atoms with Gasteiger partial charge in [-0.15, -0.1) is 0 Å². The minimum absolute atomic E-state index is 0.144. The average Bonchev–Trinajstić information content (AvgIpc) is 2.63. The molecule has 0 aromatic carbocycles. The highest BCUT2D eigenvalue weighted by molar-refractivity contribution is 7.89. The first kappa shape index (κ1) is 10.4. The number of rotatable bonds is 4. The van der Waals surface area contributed by atoms with E-state index < -0.39 is 10.0 Å². The van der Waals surface area contributed by atoms with E-state index in [0.717, 1.165) is 18.8 Å². The monoisotopic (exact) mass is 219 g/mol. The van der Waals surface area contributed by atoms with Crippen LogP contribution in [0.5, 0.6) is 0 Å². The van der Waals surface area contributed by atoms with Crippen molar-refractivity contribution in [2.45, 2.75) is 31.7 Å². The predicted molar refractivity (Wildman–Crippen MR) is 53.2 cm³/mol. The van der Waals surface area contributed by atoms with Gasteiger partial charge in [-0.2, -0.15) is 0 Å². The third kappa shape index (κ3) is 2.10. The predicted octanol–water partition coefficient (Wildman–Crippen LogP) is 0.0867. The highest BCUT2D eigenvalue weighted by Gasteiger charge is 2.40. The van der Waals surface area contributed by atoms with Gasteiger partial charge in [-0.05, 0) is 31.1 Å². The second-order valence-corrected chi connectivity index (χ2v) is 6.32. The number of aliphatic hydroxyl groups excluding tert-OH is 1. The molecular formula is C9H17NO3S. The van der Waals surface area contributed by atoms with Crippen LogP contribution in [0.25, 0.3) is 0 Å². The molecule has 2 bridgehead atoms. The van der Waals surface area contributed by atoms with Crippen molar-refractivity contribution in [3.63, 3.8) is 0 Å². The summed E-state index contributed by atoms with van der Waals surface area (Å²) in [4.78, 5) is 0. The van der Waals surface area contributed by atoms with Crippen LogP contribution in [0.4, 0.5) is 0 Å². The van der Waals surface area contributed by atoms with E-state index in [1.165, 1.54) is 12.8 Å². The van der Waals surface area contributed by atoms with Gasteiger partial charge in [-0.1, -0.05) is 6.42 Å². The molecule has 14 heavy (non-hydrogen) atoms. The Hall–Kier alpha value is -0.130. The summed E-state index contributed by atoms with van der Waals surface area (Å²) in [5.41, 5.74) is 0. The molecule has 2 N–H and O–H groups in total. The summed E-state index contributed by atoms with van der Waals surface area (Å²) in [6, 6.07) is 0.144. The Morgan fingerprint density at radius 3 is 2.57 bits per heavy atom. The van der Waals surface area contributed by atoms with E-state index >= 15 is 0 Å². The quantitative estimate of drug-likeness (QED) is 0.704. The summed E-state index contributed by atoms with van der Waals surface area (Å²) in [6.07, 6.45) is 4.61. The van der Waals surface area contributed by atoms with Gasteiger partial charge in [0, 0.05) is 6.04 Å². The maximum absolute atomic E-state index is 11.4. The van der Waals surface area contributed by atoms with Crippen molar-refractivity contribution in [1.29, 1.82) is 0 Å². The molecule has 82 valence electrons. The van der Waals surface area contributed by atoms with Gasteiger partial charge in [0.2, 0.25) is 10.0 Å². The van der Waals surface area contributed by atoms with Crippen molar-refractivity contribution in [3.8, 4) is 0 Å². The van der Waals surface area contributed by atoms with E-state index in [9.17, 15) is 8.42 Å². The number of aliphatic hydroxyl groups is 1. The van der Waals surface area contributed by atoms with Gasteiger partial charge in [-0.25, -0.2) is 13.1 Å². The smallest absolute Gasteiger partial charge is 0.214 e. The van der Waals surface area contributed by atoms with Crippen molar-refractivity contribution in [2.75, 3.05) is 12.4 Å². The molecule has 0 spiro atoms. The summed E-state index contributed by atoms with van der Waals surface area (Å²) in [5, 5.41) is 8.59.